The molecule has 0 radical (unpaired) electrons. The molecule has 1 aromatic rings. The Kier molecular flexibility index (Phi) is 5.50. The van der Waals surface area contributed by atoms with Gasteiger partial charge in [-0.1, -0.05) is 19.1 Å². The molecule has 0 aliphatic rings. The molecular formula is C13H21N3OS. The van der Waals surface area contributed by atoms with Crippen molar-refractivity contribution in [2.75, 3.05) is 20.2 Å². The number of aryl methyl sites for hydroxylation is 1. The number of thiocarbonyl (C=S) groups is 1. The van der Waals surface area contributed by atoms with E-state index in [9.17, 15) is 0 Å². The first-order valence-electron chi connectivity index (χ1n) is 5.99. The van der Waals surface area contributed by atoms with Gasteiger partial charge in [0.2, 0.25) is 0 Å². The number of aromatic nitrogens is 1. The largest absolute Gasteiger partial charge is 0.496 e. The topological polar surface area (TPSA) is 51.4 Å². The van der Waals surface area contributed by atoms with Crippen LogP contribution in [0.25, 0.3) is 0 Å². The molecule has 0 saturated carbocycles. The van der Waals surface area contributed by atoms with Gasteiger partial charge in [-0.15, -0.1) is 0 Å². The van der Waals surface area contributed by atoms with Crippen molar-refractivity contribution in [1.29, 1.82) is 0 Å². The molecule has 0 bridgehead atoms. The average molecular weight is 267 g/mol. The molecule has 0 unspecified atom stereocenters. The highest BCUT2D eigenvalue weighted by Gasteiger charge is 2.12. The number of likely N-dealkylation sites (N-methyl/N-ethyl adjacent to an activating group) is 1. The number of hydrogen-bond acceptors (Lipinski definition) is 4. The molecule has 0 atom stereocenters. The van der Waals surface area contributed by atoms with Crippen molar-refractivity contribution in [2.24, 2.45) is 5.73 Å². The fourth-order valence-electron chi connectivity index (χ4n) is 1.94. The highest BCUT2D eigenvalue weighted by atomic mass is 32.1. The molecule has 100 valence electrons. The number of hydrogen-bond donors (Lipinski definition) is 1. The van der Waals surface area contributed by atoms with E-state index in [4.69, 9.17) is 22.7 Å². The molecule has 4 nitrogen and oxygen atoms in total. The smallest absolute Gasteiger partial charge is 0.128 e. The van der Waals surface area contributed by atoms with Crippen LogP contribution in [0, 0.1) is 13.8 Å². The number of pyridine rings is 1. The predicted octanol–water partition coefficient (Wildman–Crippen LogP) is 1.82. The first kappa shape index (κ1) is 14.9. The molecule has 1 rings (SSSR count). The molecule has 0 spiro atoms. The van der Waals surface area contributed by atoms with Crippen LogP contribution in [0.3, 0.4) is 0 Å². The normalized spacial score (nSPS) is 10.7. The summed E-state index contributed by atoms with van der Waals surface area (Å²) >= 11 is 4.95. The number of rotatable bonds is 6. The maximum atomic E-state index is 5.59. The monoisotopic (exact) mass is 267 g/mol. The SMILES string of the molecule is CCN(CC(N)=S)Cc1ncc(C)c(OC)c1C. The van der Waals surface area contributed by atoms with Gasteiger partial charge in [-0.05, 0) is 20.4 Å². The van der Waals surface area contributed by atoms with Gasteiger partial charge in [0.15, 0.2) is 0 Å². The van der Waals surface area contributed by atoms with Crippen molar-refractivity contribution in [3.63, 3.8) is 0 Å². The van der Waals surface area contributed by atoms with E-state index in [0.717, 1.165) is 35.7 Å². The Morgan fingerprint density at radius 3 is 2.67 bits per heavy atom. The highest BCUT2D eigenvalue weighted by molar-refractivity contribution is 7.80. The summed E-state index contributed by atoms with van der Waals surface area (Å²) in [6, 6.07) is 0. The summed E-state index contributed by atoms with van der Waals surface area (Å²) in [4.78, 5) is 7.14. The molecule has 1 aromatic heterocycles. The summed E-state index contributed by atoms with van der Waals surface area (Å²) in [5, 5.41) is 0. The summed E-state index contributed by atoms with van der Waals surface area (Å²) in [7, 11) is 1.69. The van der Waals surface area contributed by atoms with Gasteiger partial charge in [0.05, 0.1) is 17.8 Å². The van der Waals surface area contributed by atoms with Gasteiger partial charge in [0.25, 0.3) is 0 Å². The Balaban J connectivity index is 2.93. The lowest BCUT2D eigenvalue weighted by atomic mass is 10.1. The van der Waals surface area contributed by atoms with Gasteiger partial charge in [0.1, 0.15) is 5.75 Å². The van der Waals surface area contributed by atoms with Crippen LogP contribution in [0.15, 0.2) is 6.20 Å². The van der Waals surface area contributed by atoms with Crippen LogP contribution in [-0.4, -0.2) is 35.1 Å². The van der Waals surface area contributed by atoms with E-state index < -0.39 is 0 Å². The molecule has 5 heteroatoms. The highest BCUT2D eigenvalue weighted by Crippen LogP contribution is 2.24. The maximum Gasteiger partial charge on any atom is 0.128 e. The summed E-state index contributed by atoms with van der Waals surface area (Å²) in [6.07, 6.45) is 1.84. The predicted molar refractivity (Wildman–Crippen MR) is 78.0 cm³/mol. The Hall–Kier alpha value is -1.20. The van der Waals surface area contributed by atoms with E-state index >= 15 is 0 Å². The van der Waals surface area contributed by atoms with Crippen LogP contribution in [0.5, 0.6) is 5.75 Å². The van der Waals surface area contributed by atoms with Gasteiger partial charge >= 0.3 is 0 Å². The molecule has 0 fully saturated rings. The Morgan fingerprint density at radius 1 is 1.50 bits per heavy atom. The molecule has 18 heavy (non-hydrogen) atoms. The summed E-state index contributed by atoms with van der Waals surface area (Å²) < 4.78 is 5.40. The van der Waals surface area contributed by atoms with Gasteiger partial charge < -0.3 is 10.5 Å². The van der Waals surface area contributed by atoms with E-state index in [2.05, 4.69) is 16.8 Å². The summed E-state index contributed by atoms with van der Waals surface area (Å²) in [5.74, 6) is 0.909. The second-order valence-corrected chi connectivity index (χ2v) is 4.84. The van der Waals surface area contributed by atoms with Crippen LogP contribution >= 0.6 is 12.2 Å². The molecule has 0 amide bonds. The van der Waals surface area contributed by atoms with Crippen molar-refractivity contribution < 1.29 is 4.74 Å². The van der Waals surface area contributed by atoms with Crippen molar-refractivity contribution >= 4 is 17.2 Å². The number of ether oxygens (including phenoxy) is 1. The zero-order chi connectivity index (χ0) is 13.7. The van der Waals surface area contributed by atoms with Crippen molar-refractivity contribution in [3.05, 3.63) is 23.0 Å². The summed E-state index contributed by atoms with van der Waals surface area (Å²) in [5.41, 5.74) is 8.73. The van der Waals surface area contributed by atoms with Crippen molar-refractivity contribution in [2.45, 2.75) is 27.3 Å². The zero-order valence-electron chi connectivity index (χ0n) is 11.5. The van der Waals surface area contributed by atoms with Crippen LogP contribution < -0.4 is 10.5 Å². The first-order valence-corrected chi connectivity index (χ1v) is 6.40. The van der Waals surface area contributed by atoms with Crippen molar-refractivity contribution in [1.82, 2.24) is 9.88 Å². The standard InChI is InChI=1S/C13H21N3OS/c1-5-16(8-12(14)18)7-11-10(3)13(17-4)9(2)6-15-11/h6H,5,7-8H2,1-4H3,(H2,14,18). The summed E-state index contributed by atoms with van der Waals surface area (Å²) in [6.45, 7) is 8.34. The van der Waals surface area contributed by atoms with E-state index in [1.165, 1.54) is 0 Å². The molecule has 0 aromatic carbocycles. The quantitative estimate of drug-likeness (QED) is 0.797. The molecule has 0 saturated heterocycles. The van der Waals surface area contributed by atoms with Crippen LogP contribution in [0.1, 0.15) is 23.7 Å². The minimum atomic E-state index is 0.508. The first-order chi connectivity index (χ1) is 8.49. The average Bonchev–Trinajstić information content (AvgIpc) is 2.31. The van der Waals surface area contributed by atoms with Crippen LogP contribution in [-0.2, 0) is 6.54 Å². The lowest BCUT2D eigenvalue weighted by Crippen LogP contribution is -2.32. The Morgan fingerprint density at radius 2 is 2.17 bits per heavy atom. The van der Waals surface area contributed by atoms with E-state index in [0.29, 0.717) is 11.5 Å². The molecule has 0 aliphatic carbocycles. The van der Waals surface area contributed by atoms with Gasteiger partial charge in [0, 0.05) is 30.4 Å². The van der Waals surface area contributed by atoms with Gasteiger partial charge in [-0.25, -0.2) is 0 Å². The third-order valence-corrected chi connectivity index (χ3v) is 3.08. The van der Waals surface area contributed by atoms with Gasteiger partial charge in [-0.3, -0.25) is 9.88 Å². The van der Waals surface area contributed by atoms with E-state index in [-0.39, 0.29) is 0 Å². The van der Waals surface area contributed by atoms with Gasteiger partial charge in [-0.2, -0.15) is 0 Å². The van der Waals surface area contributed by atoms with Crippen LogP contribution in [0.4, 0.5) is 0 Å². The Bertz CT molecular complexity index is 434. The molecule has 2 N–H and O–H groups in total. The lowest BCUT2D eigenvalue weighted by molar-refractivity contribution is 0.314. The Labute approximate surface area is 114 Å². The third-order valence-electron chi connectivity index (χ3n) is 2.95. The molecule has 0 aliphatic heterocycles. The fraction of sp³-hybridized carbons (Fsp3) is 0.538. The number of nitrogens with zero attached hydrogens (tertiary/aromatic N) is 2. The second-order valence-electron chi connectivity index (χ2n) is 4.32. The second kappa shape index (κ2) is 6.66. The van der Waals surface area contributed by atoms with Crippen molar-refractivity contribution in [3.8, 4) is 5.75 Å². The third kappa shape index (κ3) is 3.65. The van der Waals surface area contributed by atoms with E-state index in [1.54, 1.807) is 7.11 Å². The van der Waals surface area contributed by atoms with Crippen LogP contribution in [0.2, 0.25) is 0 Å². The maximum absolute atomic E-state index is 5.59. The van der Waals surface area contributed by atoms with E-state index in [1.807, 2.05) is 20.0 Å². The lowest BCUT2D eigenvalue weighted by Gasteiger charge is -2.21. The number of nitrogens with two attached hydrogens (primary N) is 1. The minimum absolute atomic E-state index is 0.508. The minimum Gasteiger partial charge on any atom is -0.496 e. The zero-order valence-corrected chi connectivity index (χ0v) is 12.3. The molecule has 1 heterocycles. The molecular weight excluding hydrogens is 246 g/mol. The number of methoxy groups -OCH3 is 1. The fourth-order valence-corrected chi connectivity index (χ4v) is 2.12.